The lowest BCUT2D eigenvalue weighted by Crippen LogP contribution is -2.43. The van der Waals surface area contributed by atoms with Gasteiger partial charge in [0.15, 0.2) is 0 Å². The zero-order valence-corrected chi connectivity index (χ0v) is 12.7. The van der Waals surface area contributed by atoms with Gasteiger partial charge in [0, 0.05) is 24.8 Å². The first-order valence-electron chi connectivity index (χ1n) is 7.05. The van der Waals surface area contributed by atoms with Crippen LogP contribution in [-0.2, 0) is 11.2 Å². The number of nitrogens with zero attached hydrogens (tertiary/aromatic N) is 2. The van der Waals surface area contributed by atoms with E-state index in [0.717, 1.165) is 38.2 Å². The Morgan fingerprint density at radius 2 is 2.25 bits per heavy atom. The Morgan fingerprint density at radius 3 is 3.00 bits per heavy atom. The van der Waals surface area contributed by atoms with E-state index in [1.807, 2.05) is 17.0 Å². The molecule has 0 spiro atoms. The normalized spacial score (nSPS) is 20.9. The van der Waals surface area contributed by atoms with Crippen molar-refractivity contribution in [2.75, 3.05) is 38.1 Å². The average molecular weight is 296 g/mol. The summed E-state index contributed by atoms with van der Waals surface area (Å²) in [6.07, 6.45) is 2.12. The second kappa shape index (κ2) is 6.57. The molecule has 110 valence electrons. The number of amides is 1. The Kier molecular flexibility index (Phi) is 5.02. The number of hydrogen-bond donors (Lipinski definition) is 1. The summed E-state index contributed by atoms with van der Waals surface area (Å²) in [5.41, 5.74) is 2.39. The summed E-state index contributed by atoms with van der Waals surface area (Å²) < 4.78 is 0. The molecule has 1 saturated heterocycles. The van der Waals surface area contributed by atoms with Crippen LogP contribution >= 0.6 is 12.4 Å². The third-order valence-corrected chi connectivity index (χ3v) is 4.23. The van der Waals surface area contributed by atoms with Crippen LogP contribution in [0, 0.1) is 0 Å². The molecule has 0 bridgehead atoms. The highest BCUT2D eigenvalue weighted by Gasteiger charge is 2.27. The summed E-state index contributed by atoms with van der Waals surface area (Å²) in [6, 6.07) is 8.73. The van der Waals surface area contributed by atoms with Crippen molar-refractivity contribution in [2.24, 2.45) is 0 Å². The van der Waals surface area contributed by atoms with Crippen molar-refractivity contribution < 1.29 is 4.79 Å². The smallest absolute Gasteiger partial charge is 0.241 e. The Balaban J connectivity index is 0.00000147. The van der Waals surface area contributed by atoms with E-state index in [0.29, 0.717) is 12.6 Å². The van der Waals surface area contributed by atoms with E-state index in [-0.39, 0.29) is 18.3 Å². The van der Waals surface area contributed by atoms with Gasteiger partial charge in [-0.3, -0.25) is 9.69 Å². The molecule has 1 atom stereocenters. The van der Waals surface area contributed by atoms with E-state index < -0.39 is 0 Å². The maximum atomic E-state index is 12.4. The molecule has 1 fully saturated rings. The van der Waals surface area contributed by atoms with E-state index in [4.69, 9.17) is 0 Å². The van der Waals surface area contributed by atoms with Gasteiger partial charge in [-0.1, -0.05) is 18.2 Å². The number of hydrogen-bond acceptors (Lipinski definition) is 3. The molecule has 4 nitrogen and oxygen atoms in total. The maximum Gasteiger partial charge on any atom is 0.241 e. The molecule has 2 aliphatic rings. The molecule has 5 heteroatoms. The number of para-hydroxylation sites is 1. The Labute approximate surface area is 126 Å². The van der Waals surface area contributed by atoms with Crippen molar-refractivity contribution >= 4 is 24.0 Å². The second-order valence-electron chi connectivity index (χ2n) is 5.49. The number of rotatable bonds is 3. The molecule has 1 aromatic rings. The van der Waals surface area contributed by atoms with Crippen LogP contribution in [0.1, 0.15) is 12.0 Å². The van der Waals surface area contributed by atoms with Crippen LogP contribution in [0.25, 0.3) is 0 Å². The van der Waals surface area contributed by atoms with Gasteiger partial charge in [-0.2, -0.15) is 0 Å². The van der Waals surface area contributed by atoms with Crippen molar-refractivity contribution in [2.45, 2.75) is 18.9 Å². The first-order chi connectivity index (χ1) is 9.25. The van der Waals surface area contributed by atoms with Gasteiger partial charge in [0.1, 0.15) is 0 Å². The van der Waals surface area contributed by atoms with Crippen LogP contribution in [0.15, 0.2) is 24.3 Å². The number of anilines is 1. The van der Waals surface area contributed by atoms with Gasteiger partial charge in [0.2, 0.25) is 5.91 Å². The molecule has 1 N–H and O–H groups in total. The minimum absolute atomic E-state index is 0. The first kappa shape index (κ1) is 15.3. The van der Waals surface area contributed by atoms with Crippen LogP contribution in [0.3, 0.4) is 0 Å². The van der Waals surface area contributed by atoms with E-state index >= 15 is 0 Å². The van der Waals surface area contributed by atoms with Crippen LogP contribution in [-0.4, -0.2) is 50.1 Å². The second-order valence-corrected chi connectivity index (χ2v) is 5.49. The molecule has 0 aliphatic carbocycles. The van der Waals surface area contributed by atoms with Gasteiger partial charge in [0.25, 0.3) is 0 Å². The quantitative estimate of drug-likeness (QED) is 0.913. The Bertz CT molecular complexity index is 474. The molecule has 0 radical (unpaired) electrons. The van der Waals surface area contributed by atoms with Crippen LogP contribution in [0.5, 0.6) is 0 Å². The monoisotopic (exact) mass is 295 g/mol. The van der Waals surface area contributed by atoms with Gasteiger partial charge in [-0.05, 0) is 38.1 Å². The van der Waals surface area contributed by atoms with E-state index in [2.05, 4.69) is 29.4 Å². The van der Waals surface area contributed by atoms with E-state index in [1.54, 1.807) is 0 Å². The lowest BCUT2D eigenvalue weighted by Gasteiger charge is -2.26. The maximum absolute atomic E-state index is 12.4. The summed E-state index contributed by atoms with van der Waals surface area (Å²) in [7, 11) is 2.05. The van der Waals surface area contributed by atoms with Gasteiger partial charge >= 0.3 is 0 Å². The number of carbonyl (C=O) groups excluding carboxylic acids is 1. The summed E-state index contributed by atoms with van der Waals surface area (Å²) in [5.74, 6) is 0.222. The minimum atomic E-state index is 0. The van der Waals surface area contributed by atoms with Gasteiger partial charge in [0.05, 0.1) is 6.54 Å². The fourth-order valence-corrected chi connectivity index (χ4v) is 3.04. The highest BCUT2D eigenvalue weighted by Crippen LogP contribution is 2.27. The SMILES string of the molecule is CN(CC(=O)N1CCc2ccccc21)C1CCNC1.Cl. The van der Waals surface area contributed by atoms with Gasteiger partial charge < -0.3 is 10.2 Å². The molecule has 3 rings (SSSR count). The topological polar surface area (TPSA) is 35.6 Å². The number of halogens is 1. The number of benzene rings is 1. The highest BCUT2D eigenvalue weighted by atomic mass is 35.5. The first-order valence-corrected chi connectivity index (χ1v) is 7.05. The number of fused-ring (bicyclic) bond motifs is 1. The van der Waals surface area contributed by atoms with Crippen molar-refractivity contribution in [1.82, 2.24) is 10.2 Å². The zero-order chi connectivity index (χ0) is 13.2. The van der Waals surface area contributed by atoms with E-state index in [1.165, 1.54) is 5.56 Å². The largest absolute Gasteiger partial charge is 0.315 e. The molecule has 20 heavy (non-hydrogen) atoms. The third-order valence-electron chi connectivity index (χ3n) is 4.23. The lowest BCUT2D eigenvalue weighted by atomic mass is 10.2. The van der Waals surface area contributed by atoms with Crippen molar-refractivity contribution in [1.29, 1.82) is 0 Å². The fraction of sp³-hybridized carbons (Fsp3) is 0.533. The third kappa shape index (κ3) is 2.97. The standard InChI is InChI=1S/C15H21N3O.ClH/c1-17(13-6-8-16-10-13)11-15(19)18-9-7-12-4-2-3-5-14(12)18;/h2-5,13,16H,6-11H2,1H3;1H. The number of carbonyl (C=O) groups is 1. The van der Waals surface area contributed by atoms with Crippen molar-refractivity contribution in [3.63, 3.8) is 0 Å². The predicted octanol–water partition coefficient (Wildman–Crippen LogP) is 1.29. The summed E-state index contributed by atoms with van der Waals surface area (Å²) >= 11 is 0. The molecule has 0 saturated carbocycles. The minimum Gasteiger partial charge on any atom is -0.315 e. The van der Waals surface area contributed by atoms with Gasteiger partial charge in [-0.25, -0.2) is 0 Å². The van der Waals surface area contributed by atoms with Crippen LogP contribution in [0.4, 0.5) is 5.69 Å². The summed E-state index contributed by atoms with van der Waals surface area (Å²) in [5, 5.41) is 3.35. The van der Waals surface area contributed by atoms with Crippen molar-refractivity contribution in [3.05, 3.63) is 29.8 Å². The molecule has 1 unspecified atom stereocenters. The molecule has 0 aromatic heterocycles. The predicted molar refractivity (Wildman–Crippen MR) is 83.7 cm³/mol. The molecule has 2 aliphatic heterocycles. The number of nitrogens with one attached hydrogen (secondary N) is 1. The van der Waals surface area contributed by atoms with Crippen LogP contribution < -0.4 is 10.2 Å². The fourth-order valence-electron chi connectivity index (χ4n) is 3.04. The summed E-state index contributed by atoms with van der Waals surface area (Å²) in [6.45, 7) is 3.41. The zero-order valence-electron chi connectivity index (χ0n) is 11.8. The Morgan fingerprint density at radius 1 is 1.45 bits per heavy atom. The molecular formula is C15H22ClN3O. The Hall–Kier alpha value is -1.10. The average Bonchev–Trinajstić information content (AvgIpc) is 3.08. The molecular weight excluding hydrogens is 274 g/mol. The number of likely N-dealkylation sites (N-methyl/N-ethyl adjacent to an activating group) is 1. The summed E-state index contributed by atoms with van der Waals surface area (Å²) in [4.78, 5) is 16.6. The highest BCUT2D eigenvalue weighted by molar-refractivity contribution is 5.96. The van der Waals surface area contributed by atoms with E-state index in [9.17, 15) is 4.79 Å². The van der Waals surface area contributed by atoms with Gasteiger partial charge in [-0.15, -0.1) is 12.4 Å². The lowest BCUT2D eigenvalue weighted by molar-refractivity contribution is -0.119. The molecule has 1 aromatic carbocycles. The van der Waals surface area contributed by atoms with Crippen LogP contribution in [0.2, 0.25) is 0 Å². The molecule has 1 amide bonds. The molecule has 2 heterocycles. The van der Waals surface area contributed by atoms with Crippen molar-refractivity contribution in [3.8, 4) is 0 Å².